The normalized spacial score (nSPS) is 10.7. The van der Waals surface area contributed by atoms with Crippen LogP contribution in [-0.2, 0) is 0 Å². The minimum Gasteiger partial charge on any atom is -0.493 e. The third kappa shape index (κ3) is 4.07. The number of carbonyl (C=O) groups excluding carboxylic acids is 1. The molecule has 142 valence electrons. The average molecular weight is 374 g/mol. The van der Waals surface area contributed by atoms with E-state index in [1.807, 2.05) is 42.5 Å². The second kappa shape index (κ2) is 8.91. The van der Waals surface area contributed by atoms with Crippen molar-refractivity contribution in [1.29, 1.82) is 0 Å². The first-order valence-corrected chi connectivity index (χ1v) is 8.84. The molecule has 0 aliphatic heterocycles. The number of carbonyl (C=O) groups is 1. The summed E-state index contributed by atoms with van der Waals surface area (Å²) < 4.78 is 16.0. The summed E-state index contributed by atoms with van der Waals surface area (Å²) in [6.07, 6.45) is 3.31. The molecular formula is C24H22O4. The first-order valence-electron chi connectivity index (χ1n) is 8.84. The van der Waals surface area contributed by atoms with E-state index in [-0.39, 0.29) is 5.78 Å². The van der Waals surface area contributed by atoms with Crippen molar-refractivity contribution < 1.29 is 19.0 Å². The smallest absolute Gasteiger partial charge is 0.204 e. The van der Waals surface area contributed by atoms with Crippen LogP contribution in [0.5, 0.6) is 17.2 Å². The molecule has 0 amide bonds. The van der Waals surface area contributed by atoms with Crippen molar-refractivity contribution in [3.8, 4) is 28.4 Å². The molecule has 28 heavy (non-hydrogen) atoms. The van der Waals surface area contributed by atoms with Crippen LogP contribution < -0.4 is 14.2 Å². The highest BCUT2D eigenvalue weighted by atomic mass is 16.5. The number of rotatable bonds is 7. The van der Waals surface area contributed by atoms with Crippen molar-refractivity contribution in [3.63, 3.8) is 0 Å². The van der Waals surface area contributed by atoms with Gasteiger partial charge in [0.1, 0.15) is 0 Å². The fourth-order valence-electron chi connectivity index (χ4n) is 2.97. The van der Waals surface area contributed by atoms with E-state index in [0.29, 0.717) is 22.8 Å². The monoisotopic (exact) mass is 374 g/mol. The summed E-state index contributed by atoms with van der Waals surface area (Å²) >= 11 is 0. The van der Waals surface area contributed by atoms with Gasteiger partial charge in [-0.1, -0.05) is 60.7 Å². The van der Waals surface area contributed by atoms with Gasteiger partial charge >= 0.3 is 0 Å². The lowest BCUT2D eigenvalue weighted by atomic mass is 10.0. The van der Waals surface area contributed by atoms with Crippen molar-refractivity contribution in [2.45, 2.75) is 0 Å². The summed E-state index contributed by atoms with van der Waals surface area (Å²) in [6.45, 7) is 0. The van der Waals surface area contributed by atoms with Crippen molar-refractivity contribution >= 4 is 11.9 Å². The van der Waals surface area contributed by atoms with E-state index in [4.69, 9.17) is 14.2 Å². The summed E-state index contributed by atoms with van der Waals surface area (Å²) in [5.41, 5.74) is 3.64. The van der Waals surface area contributed by atoms with Gasteiger partial charge in [-0.3, -0.25) is 4.79 Å². The summed E-state index contributed by atoms with van der Waals surface area (Å²) in [7, 11) is 4.55. The van der Waals surface area contributed by atoms with Crippen LogP contribution >= 0.6 is 0 Å². The number of ketones is 1. The zero-order valence-corrected chi connectivity index (χ0v) is 16.1. The molecule has 0 N–H and O–H groups in total. The standard InChI is InChI=1S/C24H22O4/c1-26-22-16-14-20(23(27-2)24(22)28-3)21(25)15-11-17-9-12-19(13-10-17)18-7-5-4-6-8-18/h4-16H,1-3H3/b15-11+. The van der Waals surface area contributed by atoms with Crippen LogP contribution in [0.3, 0.4) is 0 Å². The Balaban J connectivity index is 1.82. The fraction of sp³-hybridized carbons (Fsp3) is 0.125. The predicted octanol–water partition coefficient (Wildman–Crippen LogP) is 5.28. The quantitative estimate of drug-likeness (QED) is 0.417. The Hall–Kier alpha value is -3.53. The SMILES string of the molecule is COc1ccc(C(=O)/C=C/c2ccc(-c3ccccc3)cc2)c(OC)c1OC. The summed E-state index contributed by atoms with van der Waals surface area (Å²) in [4.78, 5) is 12.7. The van der Waals surface area contributed by atoms with Crippen LogP contribution in [-0.4, -0.2) is 27.1 Å². The first-order chi connectivity index (χ1) is 13.7. The lowest BCUT2D eigenvalue weighted by Gasteiger charge is -2.14. The highest BCUT2D eigenvalue weighted by Gasteiger charge is 2.19. The maximum absolute atomic E-state index is 12.7. The third-order valence-electron chi connectivity index (χ3n) is 4.41. The van der Waals surface area contributed by atoms with E-state index in [9.17, 15) is 4.79 Å². The number of hydrogen-bond acceptors (Lipinski definition) is 4. The molecule has 0 fully saturated rings. The van der Waals surface area contributed by atoms with Crippen molar-refractivity contribution in [1.82, 2.24) is 0 Å². The van der Waals surface area contributed by atoms with E-state index >= 15 is 0 Å². The summed E-state index contributed by atoms with van der Waals surface area (Å²) in [5, 5.41) is 0. The van der Waals surface area contributed by atoms with Crippen LogP contribution in [0.15, 0.2) is 72.8 Å². The largest absolute Gasteiger partial charge is 0.493 e. The number of allylic oxidation sites excluding steroid dienone is 1. The van der Waals surface area contributed by atoms with E-state index in [1.165, 1.54) is 27.4 Å². The van der Waals surface area contributed by atoms with Crippen molar-refractivity contribution in [2.24, 2.45) is 0 Å². The molecule has 0 saturated heterocycles. The lowest BCUT2D eigenvalue weighted by Crippen LogP contribution is -2.02. The molecule has 0 bridgehead atoms. The number of ether oxygens (including phenoxy) is 3. The molecule has 4 heteroatoms. The van der Waals surface area contributed by atoms with Gasteiger partial charge in [0, 0.05) is 0 Å². The zero-order valence-electron chi connectivity index (χ0n) is 16.1. The molecule has 4 nitrogen and oxygen atoms in total. The predicted molar refractivity (Wildman–Crippen MR) is 111 cm³/mol. The molecule has 0 aliphatic carbocycles. The Morgan fingerprint density at radius 2 is 1.36 bits per heavy atom. The zero-order chi connectivity index (χ0) is 19.9. The van der Waals surface area contributed by atoms with E-state index in [0.717, 1.165) is 16.7 Å². The Bertz CT molecular complexity index is 973. The molecule has 3 aromatic rings. The van der Waals surface area contributed by atoms with Crippen molar-refractivity contribution in [2.75, 3.05) is 21.3 Å². The Kier molecular flexibility index (Phi) is 6.12. The highest BCUT2D eigenvalue weighted by Crippen LogP contribution is 2.40. The van der Waals surface area contributed by atoms with Gasteiger partial charge in [0.15, 0.2) is 17.3 Å². The second-order valence-electron chi connectivity index (χ2n) is 6.07. The molecular weight excluding hydrogens is 352 g/mol. The molecule has 0 heterocycles. The van der Waals surface area contributed by atoms with Gasteiger partial charge in [-0.2, -0.15) is 0 Å². The summed E-state index contributed by atoms with van der Waals surface area (Å²) in [5.74, 6) is 1.09. The topological polar surface area (TPSA) is 44.8 Å². The lowest BCUT2D eigenvalue weighted by molar-refractivity contribution is 0.104. The average Bonchev–Trinajstić information content (AvgIpc) is 2.77. The molecule has 0 radical (unpaired) electrons. The maximum atomic E-state index is 12.7. The number of methoxy groups -OCH3 is 3. The minimum atomic E-state index is -0.176. The molecule has 0 aliphatic rings. The van der Waals surface area contributed by atoms with Gasteiger partial charge in [-0.15, -0.1) is 0 Å². The molecule has 0 saturated carbocycles. The van der Waals surface area contributed by atoms with Gasteiger partial charge in [0.05, 0.1) is 26.9 Å². The maximum Gasteiger partial charge on any atom is 0.204 e. The first kappa shape index (κ1) is 19.2. The summed E-state index contributed by atoms with van der Waals surface area (Å²) in [6, 6.07) is 21.6. The van der Waals surface area contributed by atoms with E-state index in [2.05, 4.69) is 12.1 Å². The molecule has 0 aromatic heterocycles. The van der Waals surface area contributed by atoms with Gasteiger partial charge in [-0.05, 0) is 34.9 Å². The molecule has 0 unspecified atom stereocenters. The Morgan fingerprint density at radius 3 is 1.96 bits per heavy atom. The minimum absolute atomic E-state index is 0.176. The van der Waals surface area contributed by atoms with Gasteiger partial charge in [0.2, 0.25) is 5.75 Å². The molecule has 0 atom stereocenters. The van der Waals surface area contributed by atoms with E-state index in [1.54, 1.807) is 18.2 Å². The Morgan fingerprint density at radius 1 is 0.714 bits per heavy atom. The van der Waals surface area contributed by atoms with E-state index < -0.39 is 0 Å². The molecule has 0 spiro atoms. The van der Waals surface area contributed by atoms with Gasteiger partial charge in [-0.25, -0.2) is 0 Å². The van der Waals surface area contributed by atoms with Gasteiger partial charge in [0.25, 0.3) is 0 Å². The van der Waals surface area contributed by atoms with Crippen molar-refractivity contribution in [3.05, 3.63) is 83.9 Å². The third-order valence-corrected chi connectivity index (χ3v) is 4.41. The van der Waals surface area contributed by atoms with Crippen LogP contribution in [0.2, 0.25) is 0 Å². The van der Waals surface area contributed by atoms with Crippen LogP contribution in [0, 0.1) is 0 Å². The van der Waals surface area contributed by atoms with Crippen LogP contribution in [0.4, 0.5) is 0 Å². The Labute approximate surface area is 165 Å². The van der Waals surface area contributed by atoms with Crippen LogP contribution in [0.25, 0.3) is 17.2 Å². The van der Waals surface area contributed by atoms with Gasteiger partial charge < -0.3 is 14.2 Å². The number of hydrogen-bond donors (Lipinski definition) is 0. The molecule has 3 aromatic carbocycles. The molecule has 3 rings (SSSR count). The second-order valence-corrected chi connectivity index (χ2v) is 6.07. The number of benzene rings is 3. The highest BCUT2D eigenvalue weighted by molar-refractivity contribution is 6.09. The fourth-order valence-corrected chi connectivity index (χ4v) is 2.97. The van der Waals surface area contributed by atoms with Crippen LogP contribution in [0.1, 0.15) is 15.9 Å².